The van der Waals surface area contributed by atoms with E-state index in [9.17, 15) is 8.78 Å². The molecule has 1 saturated heterocycles. The standard InChI is InChI=1S/C23H28F3NS.C5H10O/c1-4-21(25)23(27-28-19-8-9-19)15(3)12-16-6-5-7-20(22(16)26)17-10-14(2)11-18(24)13-17;1-2-5-3-4-6-5/h5-7,10-11,13,15,19,21,23,27H,4,8-9,12H2,1-3H3;5H,2-4H2,1H3. The molecule has 2 nitrogen and oxygen atoms in total. The van der Waals surface area contributed by atoms with E-state index in [4.69, 9.17) is 4.74 Å². The van der Waals surface area contributed by atoms with Crippen LogP contribution < -0.4 is 4.72 Å². The monoisotopic (exact) mass is 493 g/mol. The second-order valence-corrected chi connectivity index (χ2v) is 10.7. The third-order valence-electron chi connectivity index (χ3n) is 6.51. The number of hydrogen-bond donors (Lipinski definition) is 1. The van der Waals surface area contributed by atoms with Crippen LogP contribution in [0.15, 0.2) is 36.4 Å². The lowest BCUT2D eigenvalue weighted by Crippen LogP contribution is -2.40. The Morgan fingerprint density at radius 2 is 1.85 bits per heavy atom. The zero-order valence-electron chi connectivity index (χ0n) is 20.8. The molecule has 2 aliphatic rings. The quantitative estimate of drug-likeness (QED) is 0.341. The van der Waals surface area contributed by atoms with Crippen LogP contribution in [0.3, 0.4) is 0 Å². The number of nitrogens with one attached hydrogen (secondary N) is 1. The highest BCUT2D eigenvalue weighted by atomic mass is 32.2. The summed E-state index contributed by atoms with van der Waals surface area (Å²) in [5.74, 6) is -0.794. The van der Waals surface area contributed by atoms with E-state index >= 15 is 4.39 Å². The number of ether oxygens (including phenoxy) is 1. The highest BCUT2D eigenvalue weighted by Gasteiger charge is 2.30. The lowest BCUT2D eigenvalue weighted by molar-refractivity contribution is -0.0516. The van der Waals surface area contributed by atoms with Gasteiger partial charge in [-0.25, -0.2) is 13.2 Å². The maximum absolute atomic E-state index is 15.2. The maximum atomic E-state index is 15.2. The van der Waals surface area contributed by atoms with Gasteiger partial charge in [0.1, 0.15) is 17.8 Å². The van der Waals surface area contributed by atoms with Crippen LogP contribution in [0.2, 0.25) is 0 Å². The van der Waals surface area contributed by atoms with Crippen molar-refractivity contribution in [2.45, 2.75) is 89.8 Å². The Labute approximate surface area is 207 Å². The summed E-state index contributed by atoms with van der Waals surface area (Å²) < 4.78 is 51.9. The van der Waals surface area contributed by atoms with Gasteiger partial charge in [-0.3, -0.25) is 4.72 Å². The smallest absolute Gasteiger partial charge is 0.134 e. The van der Waals surface area contributed by atoms with Crippen molar-refractivity contribution in [1.82, 2.24) is 4.72 Å². The second kappa shape index (κ2) is 13.0. The van der Waals surface area contributed by atoms with Crippen LogP contribution in [0, 0.1) is 24.5 Å². The van der Waals surface area contributed by atoms with Crippen molar-refractivity contribution < 1.29 is 17.9 Å². The molecule has 6 heteroatoms. The van der Waals surface area contributed by atoms with E-state index in [0.29, 0.717) is 40.9 Å². The van der Waals surface area contributed by atoms with Gasteiger partial charge in [0, 0.05) is 17.4 Å². The molecule has 34 heavy (non-hydrogen) atoms. The van der Waals surface area contributed by atoms with Crippen LogP contribution in [0.4, 0.5) is 13.2 Å². The predicted molar refractivity (Wildman–Crippen MR) is 137 cm³/mol. The van der Waals surface area contributed by atoms with Gasteiger partial charge in [-0.05, 0) is 80.2 Å². The summed E-state index contributed by atoms with van der Waals surface area (Å²) in [6.45, 7) is 8.74. The van der Waals surface area contributed by atoms with Crippen molar-refractivity contribution in [3.05, 3.63) is 59.2 Å². The van der Waals surface area contributed by atoms with Crippen LogP contribution in [0.5, 0.6) is 0 Å². The van der Waals surface area contributed by atoms with E-state index in [0.717, 1.165) is 12.2 Å². The van der Waals surface area contributed by atoms with E-state index < -0.39 is 6.17 Å². The van der Waals surface area contributed by atoms with Gasteiger partial charge in [0.15, 0.2) is 0 Å². The predicted octanol–water partition coefficient (Wildman–Crippen LogP) is 7.82. The first-order valence-corrected chi connectivity index (χ1v) is 13.4. The normalized spacial score (nSPS) is 20.0. The third kappa shape index (κ3) is 7.76. The average Bonchev–Trinajstić information content (AvgIpc) is 3.58. The molecule has 4 unspecified atom stereocenters. The number of alkyl halides is 1. The highest BCUT2D eigenvalue weighted by molar-refractivity contribution is 7.98. The molecular weight excluding hydrogens is 455 g/mol. The molecule has 1 N–H and O–H groups in total. The number of hydrogen-bond acceptors (Lipinski definition) is 3. The largest absolute Gasteiger partial charge is 0.378 e. The first-order valence-electron chi connectivity index (χ1n) is 12.5. The molecule has 0 aromatic heterocycles. The molecular formula is C28H38F3NOS. The van der Waals surface area contributed by atoms with E-state index in [2.05, 4.69) is 11.6 Å². The molecule has 2 aromatic carbocycles. The summed E-state index contributed by atoms with van der Waals surface area (Å²) in [5, 5.41) is 0.579. The second-order valence-electron chi connectivity index (χ2n) is 9.55. The summed E-state index contributed by atoms with van der Waals surface area (Å²) in [5.41, 5.74) is 2.20. The van der Waals surface area contributed by atoms with Gasteiger partial charge in [-0.1, -0.05) is 57.0 Å². The molecule has 0 spiro atoms. The molecule has 1 aliphatic heterocycles. The fourth-order valence-electron chi connectivity index (χ4n) is 4.09. The van der Waals surface area contributed by atoms with E-state index in [1.807, 2.05) is 13.8 Å². The van der Waals surface area contributed by atoms with Gasteiger partial charge < -0.3 is 4.74 Å². The van der Waals surface area contributed by atoms with Gasteiger partial charge in [-0.15, -0.1) is 0 Å². The average molecular weight is 494 g/mol. The van der Waals surface area contributed by atoms with Crippen LogP contribution in [-0.2, 0) is 11.2 Å². The topological polar surface area (TPSA) is 21.3 Å². The zero-order chi connectivity index (χ0) is 24.7. The molecule has 1 saturated carbocycles. The zero-order valence-corrected chi connectivity index (χ0v) is 21.6. The van der Waals surface area contributed by atoms with Crippen molar-refractivity contribution in [1.29, 1.82) is 0 Å². The number of rotatable bonds is 10. The minimum Gasteiger partial charge on any atom is -0.378 e. The third-order valence-corrected chi connectivity index (χ3v) is 7.72. The molecule has 0 radical (unpaired) electrons. The van der Waals surface area contributed by atoms with Gasteiger partial charge in [-0.2, -0.15) is 0 Å². The Bertz CT molecular complexity index is 894. The van der Waals surface area contributed by atoms with Crippen molar-refractivity contribution >= 4 is 11.9 Å². The Balaban J connectivity index is 0.000000469. The summed E-state index contributed by atoms with van der Waals surface area (Å²) in [6, 6.07) is 9.42. The Hall–Kier alpha value is -1.50. The first kappa shape index (κ1) is 27.1. The molecule has 4 atom stereocenters. The van der Waals surface area contributed by atoms with Gasteiger partial charge >= 0.3 is 0 Å². The number of halogens is 3. The molecule has 4 rings (SSSR count). The summed E-state index contributed by atoms with van der Waals surface area (Å²) >= 11 is 1.62. The molecule has 2 fully saturated rings. The van der Waals surface area contributed by atoms with E-state index in [-0.39, 0.29) is 23.6 Å². The summed E-state index contributed by atoms with van der Waals surface area (Å²) in [4.78, 5) is 0. The molecule has 188 valence electrons. The Kier molecular flexibility index (Phi) is 10.3. The Morgan fingerprint density at radius 3 is 2.38 bits per heavy atom. The number of benzene rings is 2. The van der Waals surface area contributed by atoms with Crippen molar-refractivity contribution in [3.8, 4) is 11.1 Å². The van der Waals surface area contributed by atoms with E-state index in [1.165, 1.54) is 37.8 Å². The fourth-order valence-corrected chi connectivity index (χ4v) is 5.19. The molecule has 1 aliphatic carbocycles. The SMILES string of the molecule is CCC(F)C(NSC1CC1)C(C)Cc1cccc(-c2cc(C)cc(F)c2)c1F.CCC1CCO1. The van der Waals surface area contributed by atoms with Crippen molar-refractivity contribution in [2.24, 2.45) is 5.92 Å². The van der Waals surface area contributed by atoms with Gasteiger partial charge in [0.2, 0.25) is 0 Å². The maximum Gasteiger partial charge on any atom is 0.134 e. The molecule has 0 bridgehead atoms. The van der Waals surface area contributed by atoms with Crippen LogP contribution >= 0.6 is 11.9 Å². The molecule has 2 aromatic rings. The summed E-state index contributed by atoms with van der Waals surface area (Å²) in [6.07, 6.45) is 5.33. The molecule has 1 heterocycles. The first-order chi connectivity index (χ1) is 16.3. The lowest BCUT2D eigenvalue weighted by Gasteiger charge is -2.28. The van der Waals surface area contributed by atoms with Gasteiger partial charge in [0.25, 0.3) is 0 Å². The van der Waals surface area contributed by atoms with E-state index in [1.54, 1.807) is 43.1 Å². The van der Waals surface area contributed by atoms with Crippen LogP contribution in [0.25, 0.3) is 11.1 Å². The number of aryl methyl sites for hydroxylation is 1. The fraction of sp³-hybridized carbons (Fsp3) is 0.571. The van der Waals surface area contributed by atoms with Crippen LogP contribution in [-0.4, -0.2) is 30.2 Å². The lowest BCUT2D eigenvalue weighted by atomic mass is 9.89. The van der Waals surface area contributed by atoms with Crippen molar-refractivity contribution in [3.63, 3.8) is 0 Å². The van der Waals surface area contributed by atoms with Crippen molar-refractivity contribution in [2.75, 3.05) is 6.61 Å². The molecule has 0 amide bonds. The summed E-state index contributed by atoms with van der Waals surface area (Å²) in [7, 11) is 0. The minimum absolute atomic E-state index is 0.0693. The van der Waals surface area contributed by atoms with Crippen LogP contribution in [0.1, 0.15) is 64.0 Å². The highest BCUT2D eigenvalue weighted by Crippen LogP contribution is 2.34. The Morgan fingerprint density at radius 1 is 1.12 bits per heavy atom. The minimum atomic E-state index is -0.974. The van der Waals surface area contributed by atoms with Gasteiger partial charge in [0.05, 0.1) is 12.1 Å².